The fraction of sp³-hybridized carbons (Fsp3) is 0.111. The lowest BCUT2D eigenvalue weighted by Crippen LogP contribution is -2.39. The SMILES string of the molecule is C[C@H](C(N)=O)N(c1ccc(F)cc1)c1nc(N)c(C(=O)c2ccnc(Cl)c2)s1. The number of pyridine rings is 1. The Balaban J connectivity index is 2.05. The molecule has 3 rings (SSSR count). The first-order valence-corrected chi connectivity index (χ1v) is 9.24. The van der Waals surface area contributed by atoms with E-state index in [9.17, 15) is 14.0 Å². The number of carbonyl (C=O) groups is 2. The first-order valence-electron chi connectivity index (χ1n) is 8.04. The van der Waals surface area contributed by atoms with Crippen LogP contribution in [0.1, 0.15) is 22.2 Å². The summed E-state index contributed by atoms with van der Waals surface area (Å²) < 4.78 is 13.3. The number of thiazole rings is 1. The van der Waals surface area contributed by atoms with E-state index in [1.165, 1.54) is 47.5 Å². The average molecular weight is 420 g/mol. The second kappa shape index (κ2) is 7.91. The second-order valence-corrected chi connectivity index (χ2v) is 7.20. The van der Waals surface area contributed by atoms with Gasteiger partial charge in [-0.2, -0.15) is 0 Å². The van der Waals surface area contributed by atoms with E-state index < -0.39 is 17.8 Å². The summed E-state index contributed by atoms with van der Waals surface area (Å²) in [6.45, 7) is 1.58. The highest BCUT2D eigenvalue weighted by Gasteiger charge is 2.27. The van der Waals surface area contributed by atoms with Crippen LogP contribution in [0.4, 0.5) is 21.0 Å². The van der Waals surface area contributed by atoms with Gasteiger partial charge in [0.05, 0.1) is 0 Å². The van der Waals surface area contributed by atoms with Crippen LogP contribution < -0.4 is 16.4 Å². The predicted octanol–water partition coefficient (Wildman–Crippen LogP) is 3.16. The third-order valence-electron chi connectivity index (χ3n) is 3.95. The van der Waals surface area contributed by atoms with Crippen molar-refractivity contribution in [2.75, 3.05) is 10.6 Å². The molecule has 10 heteroatoms. The molecule has 4 N–H and O–H groups in total. The molecule has 3 aromatic rings. The fourth-order valence-electron chi connectivity index (χ4n) is 2.49. The number of ketones is 1. The highest BCUT2D eigenvalue weighted by molar-refractivity contribution is 7.18. The second-order valence-electron chi connectivity index (χ2n) is 5.83. The molecule has 0 unspecified atom stereocenters. The Morgan fingerprint density at radius 2 is 1.93 bits per heavy atom. The van der Waals surface area contributed by atoms with Crippen LogP contribution in [-0.4, -0.2) is 27.7 Å². The van der Waals surface area contributed by atoms with Crippen molar-refractivity contribution in [2.24, 2.45) is 5.73 Å². The van der Waals surface area contributed by atoms with Crippen molar-refractivity contribution in [3.8, 4) is 0 Å². The topological polar surface area (TPSA) is 115 Å². The molecule has 0 aliphatic rings. The number of halogens is 2. The number of aromatic nitrogens is 2. The zero-order valence-electron chi connectivity index (χ0n) is 14.6. The highest BCUT2D eigenvalue weighted by atomic mass is 35.5. The number of primary amides is 1. The van der Waals surface area contributed by atoms with Crippen LogP contribution in [0, 0.1) is 5.82 Å². The number of benzene rings is 1. The van der Waals surface area contributed by atoms with Gasteiger partial charge in [-0.1, -0.05) is 22.9 Å². The molecule has 1 amide bonds. The maximum atomic E-state index is 13.3. The van der Waals surface area contributed by atoms with Gasteiger partial charge in [0.15, 0.2) is 5.13 Å². The zero-order valence-corrected chi connectivity index (χ0v) is 16.2. The lowest BCUT2D eigenvalue weighted by atomic mass is 10.1. The standard InChI is InChI=1S/C18H15ClFN5O2S/c1-9(17(22)27)25(12-4-2-11(20)3-5-12)18-24-16(21)15(28-18)14(26)10-6-7-23-13(19)8-10/h2-9H,21H2,1H3,(H2,22,27)/t9-/m1/s1. The number of amides is 1. The minimum atomic E-state index is -0.811. The van der Waals surface area contributed by atoms with Crippen molar-refractivity contribution >= 4 is 51.3 Å². The van der Waals surface area contributed by atoms with Gasteiger partial charge >= 0.3 is 0 Å². The van der Waals surface area contributed by atoms with Crippen molar-refractivity contribution in [3.05, 3.63) is 64.0 Å². The van der Waals surface area contributed by atoms with E-state index >= 15 is 0 Å². The third-order valence-corrected chi connectivity index (χ3v) is 5.22. The van der Waals surface area contributed by atoms with Gasteiger partial charge in [-0.3, -0.25) is 9.59 Å². The highest BCUT2D eigenvalue weighted by Crippen LogP contribution is 2.36. The van der Waals surface area contributed by atoms with Crippen molar-refractivity contribution in [1.29, 1.82) is 0 Å². The molecule has 2 heterocycles. The van der Waals surface area contributed by atoms with Crippen LogP contribution in [0.2, 0.25) is 5.15 Å². The monoisotopic (exact) mass is 419 g/mol. The summed E-state index contributed by atoms with van der Waals surface area (Å²) in [5, 5.41) is 0.448. The van der Waals surface area contributed by atoms with Gasteiger partial charge in [0.1, 0.15) is 27.7 Å². The van der Waals surface area contributed by atoms with Gasteiger partial charge < -0.3 is 16.4 Å². The Morgan fingerprint density at radius 3 is 2.54 bits per heavy atom. The van der Waals surface area contributed by atoms with Crippen molar-refractivity contribution < 1.29 is 14.0 Å². The Morgan fingerprint density at radius 1 is 1.25 bits per heavy atom. The Kier molecular flexibility index (Phi) is 5.57. The maximum absolute atomic E-state index is 13.3. The minimum Gasteiger partial charge on any atom is -0.382 e. The lowest BCUT2D eigenvalue weighted by Gasteiger charge is -2.26. The fourth-order valence-corrected chi connectivity index (χ4v) is 3.71. The number of hydrogen-bond donors (Lipinski definition) is 2. The number of nitrogen functional groups attached to an aromatic ring is 1. The van der Waals surface area contributed by atoms with E-state index in [1.54, 1.807) is 6.92 Å². The first-order chi connectivity index (χ1) is 13.3. The van der Waals surface area contributed by atoms with E-state index in [4.69, 9.17) is 23.1 Å². The molecule has 0 aliphatic heterocycles. The summed E-state index contributed by atoms with van der Waals surface area (Å²) in [5.74, 6) is -1.43. The van der Waals surface area contributed by atoms with Crippen LogP contribution in [0.3, 0.4) is 0 Å². The summed E-state index contributed by atoms with van der Waals surface area (Å²) in [5.41, 5.74) is 12.2. The molecule has 144 valence electrons. The van der Waals surface area contributed by atoms with E-state index in [2.05, 4.69) is 9.97 Å². The molecule has 2 aromatic heterocycles. The van der Waals surface area contributed by atoms with Crippen LogP contribution in [0.25, 0.3) is 0 Å². The Hall–Kier alpha value is -3.04. The number of anilines is 3. The van der Waals surface area contributed by atoms with E-state index in [0.717, 1.165) is 11.3 Å². The van der Waals surface area contributed by atoms with Crippen LogP contribution in [0.5, 0.6) is 0 Å². The minimum absolute atomic E-state index is 0.00159. The summed E-state index contributed by atoms with van der Waals surface area (Å²) in [6.07, 6.45) is 1.41. The molecule has 0 saturated heterocycles. The largest absolute Gasteiger partial charge is 0.382 e. The Labute approximate surface area is 168 Å². The van der Waals surface area contributed by atoms with Crippen molar-refractivity contribution in [1.82, 2.24) is 9.97 Å². The zero-order chi connectivity index (χ0) is 20.4. The van der Waals surface area contributed by atoms with Gasteiger partial charge in [-0.25, -0.2) is 14.4 Å². The molecule has 0 spiro atoms. The number of nitrogens with two attached hydrogens (primary N) is 2. The van der Waals surface area contributed by atoms with Gasteiger partial charge in [-0.15, -0.1) is 0 Å². The Bertz CT molecular complexity index is 1040. The van der Waals surface area contributed by atoms with E-state index in [-0.39, 0.29) is 26.8 Å². The number of rotatable bonds is 6. The molecular formula is C18H15ClFN5O2S. The van der Waals surface area contributed by atoms with Gasteiger partial charge in [-0.05, 0) is 43.3 Å². The summed E-state index contributed by atoms with van der Waals surface area (Å²) in [4.78, 5) is 34.3. The lowest BCUT2D eigenvalue weighted by molar-refractivity contribution is -0.118. The molecule has 1 atom stereocenters. The number of hydrogen-bond acceptors (Lipinski definition) is 7. The summed E-state index contributed by atoms with van der Waals surface area (Å²) in [6, 6.07) is 7.58. The molecule has 0 radical (unpaired) electrons. The quantitative estimate of drug-likeness (QED) is 0.468. The normalized spacial score (nSPS) is 11.8. The van der Waals surface area contributed by atoms with Gasteiger partial charge in [0, 0.05) is 17.4 Å². The molecule has 7 nitrogen and oxygen atoms in total. The predicted molar refractivity (Wildman–Crippen MR) is 106 cm³/mol. The maximum Gasteiger partial charge on any atom is 0.240 e. The summed E-state index contributed by atoms with van der Waals surface area (Å²) in [7, 11) is 0. The number of nitrogens with zero attached hydrogens (tertiary/aromatic N) is 3. The van der Waals surface area contributed by atoms with Crippen LogP contribution in [-0.2, 0) is 4.79 Å². The molecule has 0 aliphatic carbocycles. The van der Waals surface area contributed by atoms with Crippen molar-refractivity contribution in [2.45, 2.75) is 13.0 Å². The van der Waals surface area contributed by atoms with E-state index in [1.807, 2.05) is 0 Å². The molecule has 0 saturated carbocycles. The number of carbonyl (C=O) groups excluding carboxylic acids is 2. The van der Waals surface area contributed by atoms with E-state index in [0.29, 0.717) is 11.3 Å². The molecule has 0 fully saturated rings. The molecule has 1 aromatic carbocycles. The first kappa shape index (κ1) is 19.7. The average Bonchev–Trinajstić information content (AvgIpc) is 3.04. The summed E-state index contributed by atoms with van der Waals surface area (Å²) >= 11 is 6.84. The smallest absolute Gasteiger partial charge is 0.240 e. The molecule has 28 heavy (non-hydrogen) atoms. The van der Waals surface area contributed by atoms with Gasteiger partial charge in [0.25, 0.3) is 0 Å². The molecular weight excluding hydrogens is 405 g/mol. The van der Waals surface area contributed by atoms with Crippen LogP contribution in [0.15, 0.2) is 42.6 Å². The third kappa shape index (κ3) is 3.95. The van der Waals surface area contributed by atoms with Gasteiger partial charge in [0.2, 0.25) is 11.7 Å². The van der Waals surface area contributed by atoms with Crippen LogP contribution >= 0.6 is 22.9 Å². The van der Waals surface area contributed by atoms with Crippen molar-refractivity contribution in [3.63, 3.8) is 0 Å². The molecule has 0 bridgehead atoms.